The van der Waals surface area contributed by atoms with Gasteiger partial charge < -0.3 is 10.6 Å². The molecule has 1 unspecified atom stereocenters. The first kappa shape index (κ1) is 10.6. The maximum absolute atomic E-state index is 6.18. The molecule has 82 valence electrons. The highest BCUT2D eigenvalue weighted by Crippen LogP contribution is 2.35. The van der Waals surface area contributed by atoms with Gasteiger partial charge >= 0.3 is 0 Å². The lowest BCUT2D eigenvalue weighted by Gasteiger charge is -2.21. The van der Waals surface area contributed by atoms with E-state index in [1.54, 1.807) is 0 Å². The van der Waals surface area contributed by atoms with Crippen LogP contribution >= 0.6 is 11.6 Å². The van der Waals surface area contributed by atoms with Gasteiger partial charge in [0.2, 0.25) is 0 Å². The Morgan fingerprint density at radius 2 is 2.33 bits per heavy atom. The molecule has 0 amide bonds. The second kappa shape index (κ2) is 4.31. The number of nitrogen functional groups attached to an aromatic ring is 1. The molecule has 1 fully saturated rings. The lowest BCUT2D eigenvalue weighted by atomic mass is 10.1. The van der Waals surface area contributed by atoms with Crippen LogP contribution in [0.1, 0.15) is 19.8 Å². The average Bonchev–Trinajstić information content (AvgIpc) is 2.66. The van der Waals surface area contributed by atoms with Crippen LogP contribution in [0.15, 0.2) is 18.2 Å². The summed E-state index contributed by atoms with van der Waals surface area (Å²) in [6.45, 7) is 4.40. The third-order valence-electron chi connectivity index (χ3n) is 3.20. The molecule has 2 nitrogen and oxygen atoms in total. The molecule has 1 atom stereocenters. The maximum atomic E-state index is 6.18. The van der Waals surface area contributed by atoms with E-state index in [-0.39, 0.29) is 0 Å². The highest BCUT2D eigenvalue weighted by molar-refractivity contribution is 6.34. The lowest BCUT2D eigenvalue weighted by Crippen LogP contribution is -2.21. The highest BCUT2D eigenvalue weighted by Gasteiger charge is 2.23. The van der Waals surface area contributed by atoms with Crippen molar-refractivity contribution in [2.24, 2.45) is 5.92 Å². The molecular formula is C12H17ClN2. The van der Waals surface area contributed by atoms with Crippen LogP contribution in [0.25, 0.3) is 0 Å². The second-order valence-corrected chi connectivity index (χ2v) is 4.59. The number of rotatable bonds is 2. The van der Waals surface area contributed by atoms with Gasteiger partial charge in [0.15, 0.2) is 0 Å². The topological polar surface area (TPSA) is 29.3 Å². The zero-order chi connectivity index (χ0) is 10.8. The summed E-state index contributed by atoms with van der Waals surface area (Å²) in [5.74, 6) is 0.792. The van der Waals surface area contributed by atoms with Crippen LogP contribution in [0.3, 0.4) is 0 Å². The van der Waals surface area contributed by atoms with Crippen LogP contribution in [-0.2, 0) is 0 Å². The van der Waals surface area contributed by atoms with Crippen LogP contribution < -0.4 is 10.6 Å². The Morgan fingerprint density at radius 1 is 1.53 bits per heavy atom. The van der Waals surface area contributed by atoms with E-state index < -0.39 is 0 Å². The van der Waals surface area contributed by atoms with E-state index >= 15 is 0 Å². The van der Waals surface area contributed by atoms with Crippen LogP contribution in [-0.4, -0.2) is 13.1 Å². The molecule has 0 saturated carbocycles. The molecule has 1 aromatic carbocycles. The second-order valence-electron chi connectivity index (χ2n) is 4.19. The number of benzene rings is 1. The van der Waals surface area contributed by atoms with E-state index in [0.29, 0.717) is 0 Å². The predicted molar refractivity (Wildman–Crippen MR) is 66.5 cm³/mol. The molecule has 2 rings (SSSR count). The molecule has 0 radical (unpaired) electrons. The Morgan fingerprint density at radius 3 is 2.93 bits per heavy atom. The quantitative estimate of drug-likeness (QED) is 0.782. The number of halogens is 1. The van der Waals surface area contributed by atoms with Gasteiger partial charge in [0.25, 0.3) is 0 Å². The standard InChI is InChI=1S/C12H17ClN2/c1-2-9-6-7-15(8-9)12-10(13)4-3-5-11(12)14/h3-5,9H,2,6-8,14H2,1H3. The first-order valence-corrected chi connectivity index (χ1v) is 5.89. The fourth-order valence-corrected chi connectivity index (χ4v) is 2.54. The first-order valence-electron chi connectivity index (χ1n) is 5.51. The van der Waals surface area contributed by atoms with Crippen LogP contribution in [0.2, 0.25) is 5.02 Å². The Labute approximate surface area is 96.0 Å². The lowest BCUT2D eigenvalue weighted by molar-refractivity contribution is 0.569. The van der Waals surface area contributed by atoms with Crippen molar-refractivity contribution >= 4 is 23.0 Å². The number of nitrogens with two attached hydrogens (primary N) is 1. The summed E-state index contributed by atoms with van der Waals surface area (Å²) in [5, 5.41) is 0.770. The van der Waals surface area contributed by atoms with Crippen molar-refractivity contribution in [1.82, 2.24) is 0 Å². The maximum Gasteiger partial charge on any atom is 0.0789 e. The minimum atomic E-state index is 0.770. The fourth-order valence-electron chi connectivity index (χ4n) is 2.23. The Bertz CT molecular complexity index is 331. The molecule has 0 spiro atoms. The molecule has 0 bridgehead atoms. The molecule has 1 saturated heterocycles. The Hall–Kier alpha value is -0.890. The largest absolute Gasteiger partial charge is 0.397 e. The Balaban J connectivity index is 2.23. The number of anilines is 2. The van der Waals surface area contributed by atoms with Crippen molar-refractivity contribution in [3.63, 3.8) is 0 Å². The summed E-state index contributed by atoms with van der Waals surface area (Å²) < 4.78 is 0. The van der Waals surface area contributed by atoms with E-state index in [0.717, 1.165) is 35.4 Å². The summed E-state index contributed by atoms with van der Waals surface area (Å²) in [7, 11) is 0. The van der Waals surface area contributed by atoms with Crippen molar-refractivity contribution in [2.45, 2.75) is 19.8 Å². The molecule has 0 aliphatic carbocycles. The molecular weight excluding hydrogens is 208 g/mol. The third-order valence-corrected chi connectivity index (χ3v) is 3.50. The number of hydrogen-bond donors (Lipinski definition) is 1. The van der Waals surface area contributed by atoms with Gasteiger partial charge in [-0.15, -0.1) is 0 Å². The van der Waals surface area contributed by atoms with Gasteiger partial charge in [0.05, 0.1) is 16.4 Å². The third kappa shape index (κ3) is 2.05. The van der Waals surface area contributed by atoms with Gasteiger partial charge in [-0.1, -0.05) is 31.0 Å². The fraction of sp³-hybridized carbons (Fsp3) is 0.500. The molecule has 3 heteroatoms. The smallest absolute Gasteiger partial charge is 0.0789 e. The molecule has 2 N–H and O–H groups in total. The van der Waals surface area contributed by atoms with Crippen molar-refractivity contribution in [1.29, 1.82) is 0 Å². The van der Waals surface area contributed by atoms with Gasteiger partial charge in [-0.05, 0) is 24.5 Å². The summed E-state index contributed by atoms with van der Waals surface area (Å²) >= 11 is 6.18. The summed E-state index contributed by atoms with van der Waals surface area (Å²) in [5.41, 5.74) is 7.78. The van der Waals surface area contributed by atoms with E-state index in [9.17, 15) is 0 Å². The van der Waals surface area contributed by atoms with Gasteiger partial charge in [-0.3, -0.25) is 0 Å². The predicted octanol–water partition coefficient (Wildman–Crippen LogP) is 3.16. The van der Waals surface area contributed by atoms with E-state index in [1.807, 2.05) is 18.2 Å². The molecule has 0 aromatic heterocycles. The minimum absolute atomic E-state index is 0.770. The monoisotopic (exact) mass is 224 g/mol. The zero-order valence-corrected chi connectivity index (χ0v) is 9.80. The van der Waals surface area contributed by atoms with Gasteiger partial charge in [-0.25, -0.2) is 0 Å². The summed E-state index contributed by atoms with van der Waals surface area (Å²) in [4.78, 5) is 2.31. The number of para-hydroxylation sites is 1. The number of hydrogen-bond acceptors (Lipinski definition) is 2. The molecule has 15 heavy (non-hydrogen) atoms. The van der Waals surface area contributed by atoms with Gasteiger partial charge in [0.1, 0.15) is 0 Å². The van der Waals surface area contributed by atoms with Crippen LogP contribution in [0.5, 0.6) is 0 Å². The zero-order valence-electron chi connectivity index (χ0n) is 9.04. The van der Waals surface area contributed by atoms with Crippen molar-refractivity contribution in [3.8, 4) is 0 Å². The van der Waals surface area contributed by atoms with E-state index in [1.165, 1.54) is 12.8 Å². The van der Waals surface area contributed by atoms with Crippen LogP contribution in [0, 0.1) is 5.92 Å². The van der Waals surface area contributed by atoms with Crippen molar-refractivity contribution in [2.75, 3.05) is 23.7 Å². The van der Waals surface area contributed by atoms with E-state index in [2.05, 4.69) is 11.8 Å². The molecule has 1 heterocycles. The summed E-state index contributed by atoms with van der Waals surface area (Å²) in [6, 6.07) is 5.72. The van der Waals surface area contributed by atoms with E-state index in [4.69, 9.17) is 17.3 Å². The molecule has 1 aromatic rings. The highest BCUT2D eigenvalue weighted by atomic mass is 35.5. The minimum Gasteiger partial charge on any atom is -0.397 e. The van der Waals surface area contributed by atoms with Gasteiger partial charge in [-0.2, -0.15) is 0 Å². The molecule has 1 aliphatic heterocycles. The van der Waals surface area contributed by atoms with Crippen LogP contribution in [0.4, 0.5) is 11.4 Å². The average molecular weight is 225 g/mol. The first-order chi connectivity index (χ1) is 7.22. The molecule has 1 aliphatic rings. The SMILES string of the molecule is CCC1CCN(c2c(N)cccc2Cl)C1. The summed E-state index contributed by atoms with van der Waals surface area (Å²) in [6.07, 6.45) is 2.49. The van der Waals surface area contributed by atoms with Crippen molar-refractivity contribution in [3.05, 3.63) is 23.2 Å². The van der Waals surface area contributed by atoms with Crippen molar-refractivity contribution < 1.29 is 0 Å². The normalized spacial score (nSPS) is 20.9. The number of nitrogens with zero attached hydrogens (tertiary/aromatic N) is 1. The Kier molecular flexibility index (Phi) is 3.06. The van der Waals surface area contributed by atoms with Gasteiger partial charge in [0, 0.05) is 13.1 Å².